The van der Waals surface area contributed by atoms with Crippen molar-refractivity contribution < 1.29 is 33.8 Å². The second-order valence-electron chi connectivity index (χ2n) is 13.3. The van der Waals surface area contributed by atoms with E-state index in [0.717, 1.165) is 16.7 Å². The van der Waals surface area contributed by atoms with E-state index < -0.39 is 66.1 Å². The van der Waals surface area contributed by atoms with E-state index in [4.69, 9.17) is 9.47 Å². The SMILES string of the molecule is O=C1CC/C=C\CN(Cc2ccccc2)C(=O)[C@H]2N([C@@H](CO)Cc3ccccc3)C(=O)[C@@H]3[C@@H](C(=O)N[C@@H](c4ccccc4)CO1)[C@H]1C=C[C@]32O1. The number of cyclic esters (lactones) is 1. The number of allylic oxidation sites excluding steroid dienone is 1. The summed E-state index contributed by atoms with van der Waals surface area (Å²) in [6.45, 7) is -0.0174. The van der Waals surface area contributed by atoms with Gasteiger partial charge in [0, 0.05) is 19.5 Å². The number of amides is 3. The molecule has 3 amide bonds. The van der Waals surface area contributed by atoms with Gasteiger partial charge in [0.15, 0.2) is 0 Å². The maximum absolute atomic E-state index is 15.1. The van der Waals surface area contributed by atoms with Crippen LogP contribution >= 0.6 is 0 Å². The minimum absolute atomic E-state index is 0.0854. The predicted molar refractivity (Wildman–Crippen MR) is 184 cm³/mol. The Bertz CT molecular complexity index is 1770. The highest BCUT2D eigenvalue weighted by Gasteiger charge is 2.73. The number of fused-ring (bicyclic) bond motifs is 2. The number of rotatable bonds is 7. The third-order valence-corrected chi connectivity index (χ3v) is 10.2. The van der Waals surface area contributed by atoms with E-state index in [1.54, 1.807) is 17.1 Å². The molecule has 2 fully saturated rings. The van der Waals surface area contributed by atoms with Gasteiger partial charge in [0.05, 0.1) is 36.6 Å². The van der Waals surface area contributed by atoms with Crippen molar-refractivity contribution in [2.24, 2.45) is 11.8 Å². The molecule has 0 radical (unpaired) electrons. The Morgan fingerprint density at radius 3 is 2.24 bits per heavy atom. The number of likely N-dealkylation sites (tertiary alicyclic amines) is 1. The van der Waals surface area contributed by atoms with Crippen molar-refractivity contribution in [1.29, 1.82) is 0 Å². The first kappa shape index (κ1) is 33.4. The zero-order valence-electron chi connectivity index (χ0n) is 27.7. The van der Waals surface area contributed by atoms with Crippen molar-refractivity contribution in [3.05, 3.63) is 132 Å². The summed E-state index contributed by atoms with van der Waals surface area (Å²) in [6.07, 6.45) is 7.34. The summed E-state index contributed by atoms with van der Waals surface area (Å²) in [6, 6.07) is 25.8. The minimum Gasteiger partial charge on any atom is -0.463 e. The Morgan fingerprint density at radius 1 is 0.860 bits per heavy atom. The molecule has 4 aliphatic heterocycles. The predicted octanol–water partition coefficient (Wildman–Crippen LogP) is 3.52. The molecule has 5 bridgehead atoms. The monoisotopic (exact) mass is 675 g/mol. The fraction of sp³-hybridized carbons (Fsp3) is 0.350. The summed E-state index contributed by atoms with van der Waals surface area (Å²) in [7, 11) is 0. The summed E-state index contributed by atoms with van der Waals surface area (Å²) in [5.74, 6) is -3.57. The Balaban J connectivity index is 1.31. The third kappa shape index (κ3) is 6.36. The number of esters is 1. The lowest BCUT2D eigenvalue weighted by molar-refractivity contribution is -0.151. The summed E-state index contributed by atoms with van der Waals surface area (Å²) in [5, 5.41) is 13.9. The van der Waals surface area contributed by atoms with Crippen LogP contribution in [0.4, 0.5) is 0 Å². The molecule has 3 aromatic rings. The molecule has 0 aromatic heterocycles. The molecule has 0 aliphatic carbocycles. The van der Waals surface area contributed by atoms with Gasteiger partial charge in [-0.3, -0.25) is 19.2 Å². The number of nitrogens with zero attached hydrogens (tertiary/aromatic N) is 2. The molecule has 0 unspecified atom stereocenters. The molecule has 2 saturated heterocycles. The Labute approximate surface area is 291 Å². The van der Waals surface area contributed by atoms with Crippen LogP contribution in [0.1, 0.15) is 35.6 Å². The van der Waals surface area contributed by atoms with Crippen LogP contribution in [0.15, 0.2) is 115 Å². The first-order chi connectivity index (χ1) is 24.4. The molecule has 258 valence electrons. The molecule has 1 spiro atoms. The van der Waals surface area contributed by atoms with Gasteiger partial charge in [-0.15, -0.1) is 0 Å². The standard InChI is InChI=1S/C40H41N3O7/c44-25-30(23-27-13-5-1-6-14-27)43-36-39(48)42(24-28-15-7-2-8-16-28)22-12-4-11-19-33(45)49-26-31(29-17-9-3-10-18-29)41-37(46)34-32-20-21-40(36,50-32)35(34)38(43)47/h1-10,12-18,20-21,30-32,34-36,44H,11,19,22-26H2,(H,41,46)/b12-4-/t30-,31-,32-,34+,35+,36-,40+/m1/s1. The van der Waals surface area contributed by atoms with Crippen molar-refractivity contribution in [1.82, 2.24) is 15.1 Å². The van der Waals surface area contributed by atoms with Gasteiger partial charge in [0.25, 0.3) is 0 Å². The molecule has 4 heterocycles. The van der Waals surface area contributed by atoms with Crippen molar-refractivity contribution in [3.63, 3.8) is 0 Å². The largest absolute Gasteiger partial charge is 0.463 e. The van der Waals surface area contributed by atoms with Crippen LogP contribution < -0.4 is 5.32 Å². The molecule has 7 atom stereocenters. The molecular weight excluding hydrogens is 634 g/mol. The van der Waals surface area contributed by atoms with Gasteiger partial charge in [0.2, 0.25) is 17.7 Å². The van der Waals surface area contributed by atoms with Crippen LogP contribution in [0.25, 0.3) is 0 Å². The molecule has 7 rings (SSSR count). The van der Waals surface area contributed by atoms with Gasteiger partial charge in [0.1, 0.15) is 18.2 Å². The van der Waals surface area contributed by atoms with Crippen LogP contribution in [-0.4, -0.2) is 82.1 Å². The molecular formula is C40H41N3O7. The van der Waals surface area contributed by atoms with E-state index in [0.29, 0.717) is 12.8 Å². The number of carbonyl (C=O) groups is 4. The second-order valence-corrected chi connectivity index (χ2v) is 13.3. The van der Waals surface area contributed by atoms with Crippen LogP contribution in [0.3, 0.4) is 0 Å². The molecule has 10 heteroatoms. The smallest absolute Gasteiger partial charge is 0.306 e. The van der Waals surface area contributed by atoms with Crippen molar-refractivity contribution >= 4 is 23.7 Å². The highest BCUT2D eigenvalue weighted by molar-refractivity contribution is 6.00. The number of hydrogen-bond acceptors (Lipinski definition) is 7. The quantitative estimate of drug-likeness (QED) is 0.290. The van der Waals surface area contributed by atoms with Crippen LogP contribution in [-0.2, 0) is 41.6 Å². The normalized spacial score (nSPS) is 29.4. The average Bonchev–Trinajstić information content (AvgIpc) is 3.79. The number of benzene rings is 3. The van der Waals surface area contributed by atoms with Crippen LogP contribution in [0.5, 0.6) is 0 Å². The summed E-state index contributed by atoms with van der Waals surface area (Å²) < 4.78 is 12.3. The summed E-state index contributed by atoms with van der Waals surface area (Å²) >= 11 is 0. The number of hydrogen-bond donors (Lipinski definition) is 2. The van der Waals surface area contributed by atoms with E-state index in [9.17, 15) is 19.5 Å². The maximum atomic E-state index is 15.1. The number of nitrogens with one attached hydrogen (secondary N) is 1. The van der Waals surface area contributed by atoms with Gasteiger partial charge in [-0.05, 0) is 29.5 Å². The molecule has 3 aromatic carbocycles. The Kier molecular flexibility index (Phi) is 9.65. The van der Waals surface area contributed by atoms with Gasteiger partial charge in [-0.1, -0.05) is 115 Å². The topological polar surface area (TPSA) is 125 Å². The van der Waals surface area contributed by atoms with Crippen LogP contribution in [0.2, 0.25) is 0 Å². The van der Waals surface area contributed by atoms with E-state index >= 15 is 4.79 Å². The molecule has 4 aliphatic rings. The fourth-order valence-electron chi connectivity index (χ4n) is 7.87. The number of ether oxygens (including phenoxy) is 2. The second kappa shape index (κ2) is 14.4. The van der Waals surface area contributed by atoms with Gasteiger partial charge in [-0.25, -0.2) is 0 Å². The van der Waals surface area contributed by atoms with E-state index in [-0.39, 0.29) is 32.0 Å². The zero-order valence-corrected chi connectivity index (χ0v) is 27.7. The lowest BCUT2D eigenvalue weighted by Crippen LogP contribution is -2.58. The van der Waals surface area contributed by atoms with Crippen molar-refractivity contribution in [3.8, 4) is 0 Å². The van der Waals surface area contributed by atoms with Crippen LogP contribution in [0, 0.1) is 11.8 Å². The Hall–Kier alpha value is -5.06. The van der Waals surface area contributed by atoms with Crippen molar-refractivity contribution in [2.45, 2.75) is 55.6 Å². The van der Waals surface area contributed by atoms with Gasteiger partial charge < -0.3 is 29.7 Å². The number of aliphatic hydroxyl groups excluding tert-OH is 1. The summed E-state index contributed by atoms with van der Waals surface area (Å²) in [4.78, 5) is 60.1. The lowest BCUT2D eigenvalue weighted by atomic mass is 9.74. The highest BCUT2D eigenvalue weighted by Crippen LogP contribution is 2.56. The van der Waals surface area contributed by atoms with Gasteiger partial charge in [-0.2, -0.15) is 0 Å². The molecule has 2 N–H and O–H groups in total. The molecule has 10 nitrogen and oxygen atoms in total. The highest BCUT2D eigenvalue weighted by atomic mass is 16.5. The minimum atomic E-state index is -1.42. The first-order valence-corrected chi connectivity index (χ1v) is 17.2. The zero-order chi connectivity index (χ0) is 34.7. The lowest BCUT2D eigenvalue weighted by Gasteiger charge is -2.39. The average molecular weight is 676 g/mol. The van der Waals surface area contributed by atoms with Gasteiger partial charge >= 0.3 is 5.97 Å². The Morgan fingerprint density at radius 2 is 1.54 bits per heavy atom. The summed E-state index contributed by atoms with van der Waals surface area (Å²) in [5.41, 5.74) is 1.11. The molecule has 0 saturated carbocycles. The van der Waals surface area contributed by atoms with E-state index in [2.05, 4.69) is 5.32 Å². The number of aliphatic hydroxyl groups is 1. The number of carbonyl (C=O) groups excluding carboxylic acids is 4. The maximum Gasteiger partial charge on any atom is 0.306 e. The van der Waals surface area contributed by atoms with E-state index in [1.165, 1.54) is 4.90 Å². The van der Waals surface area contributed by atoms with Crippen molar-refractivity contribution in [2.75, 3.05) is 19.8 Å². The molecule has 50 heavy (non-hydrogen) atoms. The van der Waals surface area contributed by atoms with E-state index in [1.807, 2.05) is 103 Å². The third-order valence-electron chi connectivity index (χ3n) is 10.2. The first-order valence-electron chi connectivity index (χ1n) is 17.2. The fourth-order valence-corrected chi connectivity index (χ4v) is 7.87.